The molecule has 1 fully saturated rings. The van der Waals surface area contributed by atoms with E-state index in [1.54, 1.807) is 26.8 Å². The van der Waals surface area contributed by atoms with Gasteiger partial charge in [-0.1, -0.05) is 0 Å². The van der Waals surface area contributed by atoms with Gasteiger partial charge in [-0.05, 0) is 73.7 Å². The van der Waals surface area contributed by atoms with E-state index in [0.29, 0.717) is 3.57 Å². The number of hydrogen-bond donors (Lipinski definition) is 2. The maximum absolute atomic E-state index is 14.6. The summed E-state index contributed by atoms with van der Waals surface area (Å²) >= 11 is 1.92. The third-order valence-electron chi connectivity index (χ3n) is 5.15. The average molecular weight is 591 g/mol. The van der Waals surface area contributed by atoms with E-state index >= 15 is 0 Å². The number of anilines is 2. The van der Waals surface area contributed by atoms with Crippen LogP contribution in [-0.2, 0) is 9.47 Å². The van der Waals surface area contributed by atoms with Gasteiger partial charge < -0.3 is 25.0 Å². The number of nitrogens with zero attached hydrogens (tertiary/aromatic N) is 1. The first kappa shape index (κ1) is 26.1. The number of likely N-dealkylation sites (tertiary alicyclic amines) is 1. The third kappa shape index (κ3) is 5.93. The van der Waals surface area contributed by atoms with Gasteiger partial charge in [0.05, 0.1) is 36.6 Å². The monoisotopic (exact) mass is 591 g/mol. The minimum absolute atomic E-state index is 0.0823. The summed E-state index contributed by atoms with van der Waals surface area (Å²) in [7, 11) is 1.45. The van der Waals surface area contributed by atoms with Crippen molar-refractivity contribution in [2.75, 3.05) is 32.1 Å². The van der Waals surface area contributed by atoms with E-state index in [2.05, 4.69) is 10.6 Å². The van der Waals surface area contributed by atoms with Gasteiger partial charge in [0.25, 0.3) is 5.91 Å². The van der Waals surface area contributed by atoms with Crippen LogP contribution in [0.3, 0.4) is 0 Å². The lowest BCUT2D eigenvalue weighted by atomic mass is 9.92. The molecule has 2 N–H and O–H groups in total. The molecule has 184 valence electrons. The number of amides is 2. The first-order valence-electron chi connectivity index (χ1n) is 10.4. The Morgan fingerprint density at radius 2 is 1.79 bits per heavy atom. The second-order valence-corrected chi connectivity index (χ2v) is 10.2. The van der Waals surface area contributed by atoms with Gasteiger partial charge in [-0.2, -0.15) is 0 Å². The van der Waals surface area contributed by atoms with E-state index in [4.69, 9.17) is 9.47 Å². The molecule has 0 saturated carbocycles. The van der Waals surface area contributed by atoms with Crippen molar-refractivity contribution < 1.29 is 32.2 Å². The summed E-state index contributed by atoms with van der Waals surface area (Å²) in [5, 5.41) is 5.13. The molecule has 34 heavy (non-hydrogen) atoms. The topological polar surface area (TPSA) is 79.9 Å². The Kier molecular flexibility index (Phi) is 7.65. The van der Waals surface area contributed by atoms with Crippen molar-refractivity contribution in [2.24, 2.45) is 0 Å². The molecule has 0 atom stereocenters. The van der Waals surface area contributed by atoms with Crippen molar-refractivity contribution in [2.45, 2.75) is 32.0 Å². The molecule has 3 rings (SSSR count). The van der Waals surface area contributed by atoms with Crippen LogP contribution in [0.1, 0.15) is 31.1 Å². The van der Waals surface area contributed by atoms with Crippen molar-refractivity contribution >= 4 is 46.0 Å². The molecule has 0 unspecified atom stereocenters. The summed E-state index contributed by atoms with van der Waals surface area (Å²) in [4.78, 5) is 26.4. The fourth-order valence-corrected chi connectivity index (χ4v) is 3.85. The molecule has 1 aliphatic rings. The summed E-state index contributed by atoms with van der Waals surface area (Å²) < 4.78 is 54.2. The number of methoxy groups -OCH3 is 1. The molecule has 1 heterocycles. The Morgan fingerprint density at radius 1 is 1.12 bits per heavy atom. The van der Waals surface area contributed by atoms with Crippen LogP contribution in [0.25, 0.3) is 0 Å². The van der Waals surface area contributed by atoms with Gasteiger partial charge in [0.15, 0.2) is 11.6 Å². The number of hydrogen-bond acceptors (Lipinski definition) is 5. The van der Waals surface area contributed by atoms with Crippen molar-refractivity contribution in [3.05, 3.63) is 56.9 Å². The summed E-state index contributed by atoms with van der Waals surface area (Å²) in [6.45, 7) is 5.47. The maximum atomic E-state index is 14.6. The zero-order valence-corrected chi connectivity index (χ0v) is 21.3. The first-order chi connectivity index (χ1) is 15.8. The van der Waals surface area contributed by atoms with Crippen LogP contribution in [0.15, 0.2) is 30.3 Å². The van der Waals surface area contributed by atoms with E-state index < -0.39 is 46.3 Å². The second-order valence-electron chi connectivity index (χ2n) is 8.94. The van der Waals surface area contributed by atoms with Gasteiger partial charge >= 0.3 is 6.09 Å². The van der Waals surface area contributed by atoms with Crippen molar-refractivity contribution in [1.82, 2.24) is 10.2 Å². The Balaban J connectivity index is 1.75. The fraction of sp³-hybridized carbons (Fsp3) is 0.391. The van der Waals surface area contributed by atoms with Gasteiger partial charge in [0.1, 0.15) is 17.0 Å². The molecular formula is C23H25F3IN3O4. The van der Waals surface area contributed by atoms with Crippen LogP contribution >= 0.6 is 22.6 Å². The van der Waals surface area contributed by atoms with Crippen LogP contribution < -0.4 is 10.6 Å². The Labute approximate surface area is 209 Å². The Bertz CT molecular complexity index is 1100. The summed E-state index contributed by atoms with van der Waals surface area (Å²) in [5.41, 5.74) is -2.26. The highest BCUT2D eigenvalue weighted by molar-refractivity contribution is 14.1. The van der Waals surface area contributed by atoms with Crippen molar-refractivity contribution in [3.8, 4) is 0 Å². The number of halogens is 4. The molecule has 1 aliphatic heterocycles. The highest BCUT2D eigenvalue weighted by atomic mass is 127. The molecular weight excluding hydrogens is 566 g/mol. The van der Waals surface area contributed by atoms with Crippen LogP contribution in [0.5, 0.6) is 0 Å². The molecule has 2 aromatic carbocycles. The largest absolute Gasteiger partial charge is 0.444 e. The molecule has 7 nitrogen and oxygen atoms in total. The molecule has 2 aromatic rings. The zero-order chi connectivity index (χ0) is 25.3. The summed E-state index contributed by atoms with van der Waals surface area (Å²) in [5.74, 6) is -3.75. The van der Waals surface area contributed by atoms with E-state index in [0.717, 1.165) is 12.1 Å². The second kappa shape index (κ2) is 9.98. The van der Waals surface area contributed by atoms with E-state index in [1.807, 2.05) is 22.6 Å². The number of carbonyl (C=O) groups excluding carboxylic acids is 2. The average Bonchev–Trinajstić information content (AvgIpc) is 2.71. The van der Waals surface area contributed by atoms with Gasteiger partial charge in [-0.3, -0.25) is 4.79 Å². The molecule has 0 bridgehead atoms. The van der Waals surface area contributed by atoms with E-state index in [-0.39, 0.29) is 30.9 Å². The maximum Gasteiger partial charge on any atom is 0.407 e. The van der Waals surface area contributed by atoms with Gasteiger partial charge in [0.2, 0.25) is 0 Å². The first-order valence-corrected chi connectivity index (χ1v) is 11.4. The molecule has 11 heteroatoms. The number of benzene rings is 2. The minimum atomic E-state index is -1.30. The predicted octanol–water partition coefficient (Wildman–Crippen LogP) is 4.82. The van der Waals surface area contributed by atoms with E-state index in [1.165, 1.54) is 24.1 Å². The lowest BCUT2D eigenvalue weighted by Crippen LogP contribution is -2.68. The van der Waals surface area contributed by atoms with Gasteiger partial charge in [-0.25, -0.2) is 18.0 Å². The van der Waals surface area contributed by atoms with Crippen LogP contribution in [0, 0.1) is 21.0 Å². The Morgan fingerprint density at radius 3 is 2.38 bits per heavy atom. The lowest BCUT2D eigenvalue weighted by molar-refractivity contribution is -0.105. The molecule has 0 radical (unpaired) electrons. The lowest BCUT2D eigenvalue weighted by Gasteiger charge is -2.49. The number of nitrogens with one attached hydrogen (secondary N) is 2. The highest BCUT2D eigenvalue weighted by Crippen LogP contribution is 2.32. The van der Waals surface area contributed by atoms with E-state index in [9.17, 15) is 22.8 Å². The van der Waals surface area contributed by atoms with Crippen LogP contribution in [0.4, 0.5) is 29.3 Å². The zero-order valence-electron chi connectivity index (χ0n) is 19.1. The summed E-state index contributed by atoms with van der Waals surface area (Å²) in [6.07, 6.45) is -0.625. The normalized spacial score (nSPS) is 14.9. The van der Waals surface area contributed by atoms with Gasteiger partial charge in [-0.15, -0.1) is 0 Å². The highest BCUT2D eigenvalue weighted by Gasteiger charge is 2.46. The molecule has 0 aliphatic carbocycles. The van der Waals surface area contributed by atoms with Gasteiger partial charge in [0, 0.05) is 10.7 Å². The predicted molar refractivity (Wildman–Crippen MR) is 129 cm³/mol. The number of ether oxygens (including phenoxy) is 2. The van der Waals surface area contributed by atoms with Crippen LogP contribution in [-0.4, -0.2) is 54.8 Å². The number of carbonyl (C=O) groups is 2. The number of alkyl carbamates (subject to hydrolysis) is 1. The summed E-state index contributed by atoms with van der Waals surface area (Å²) in [6, 6.07) is 6.16. The molecule has 0 aromatic heterocycles. The molecule has 2 amide bonds. The van der Waals surface area contributed by atoms with Crippen molar-refractivity contribution in [1.29, 1.82) is 0 Å². The molecule has 0 spiro atoms. The smallest absolute Gasteiger partial charge is 0.407 e. The van der Waals surface area contributed by atoms with Crippen LogP contribution in [0.2, 0.25) is 0 Å². The minimum Gasteiger partial charge on any atom is -0.444 e. The fourth-order valence-electron chi connectivity index (χ4n) is 3.40. The number of rotatable bonds is 6. The standard InChI is InChI=1S/C23H25F3IN3O4/c1-22(2,3)34-21(32)28-10-23(33-4)11-30(12-23)20(31)14-6-7-15(24)18(26)19(14)29-17-8-5-13(27)9-16(17)25/h5-9,29H,10-12H2,1-4H3,(H,28,32). The van der Waals surface area contributed by atoms with Crippen molar-refractivity contribution in [3.63, 3.8) is 0 Å². The Hall–Kier alpha value is -2.54. The third-order valence-corrected chi connectivity index (χ3v) is 5.82. The quantitative estimate of drug-likeness (QED) is 0.472. The molecule has 1 saturated heterocycles. The SMILES string of the molecule is COC1(CNC(=O)OC(C)(C)C)CN(C(=O)c2ccc(F)c(F)c2Nc2ccc(I)cc2F)C1.